The van der Waals surface area contributed by atoms with Crippen LogP contribution in [0.3, 0.4) is 0 Å². The zero-order chi connectivity index (χ0) is 17.2. The minimum absolute atomic E-state index is 0.282. The van der Waals surface area contributed by atoms with Gasteiger partial charge in [0.15, 0.2) is 0 Å². The van der Waals surface area contributed by atoms with Crippen molar-refractivity contribution < 1.29 is 4.79 Å². The van der Waals surface area contributed by atoms with Crippen molar-refractivity contribution >= 4 is 17.2 Å². The predicted molar refractivity (Wildman–Crippen MR) is 104 cm³/mol. The lowest BCUT2D eigenvalue weighted by Crippen LogP contribution is -2.42. The number of nitrogens with one attached hydrogen (secondary N) is 1. The largest absolute Gasteiger partial charge is 0.354 e. The zero-order valence-corrected chi connectivity index (χ0v) is 16.3. The number of fused-ring (bicyclic) bond motifs is 2. The molecule has 0 aromatic carbocycles. The van der Waals surface area contributed by atoms with Crippen LogP contribution in [0.4, 0.5) is 0 Å². The number of hydrogen-bond donors (Lipinski definition) is 1. The molecule has 1 saturated heterocycles. The molecule has 4 rings (SSSR count). The summed E-state index contributed by atoms with van der Waals surface area (Å²) in [6, 6.07) is 4.73. The van der Waals surface area contributed by atoms with E-state index in [9.17, 15) is 4.79 Å². The molecule has 3 nitrogen and oxygen atoms in total. The smallest absolute Gasteiger partial charge is 0.220 e. The van der Waals surface area contributed by atoms with Gasteiger partial charge in [-0.1, -0.05) is 19.4 Å². The van der Waals surface area contributed by atoms with Gasteiger partial charge in [-0.25, -0.2) is 0 Å². The topological polar surface area (TPSA) is 32.3 Å². The van der Waals surface area contributed by atoms with Crippen LogP contribution in [0.15, 0.2) is 17.5 Å². The maximum atomic E-state index is 12.6. The molecule has 1 amide bonds. The molecule has 1 aliphatic heterocycles. The second-order valence-corrected chi connectivity index (χ2v) is 9.67. The molecule has 3 fully saturated rings. The Bertz CT molecular complexity index is 564. The number of likely N-dealkylation sites (tertiary alicyclic amines) is 1. The number of nitrogens with zero attached hydrogens (tertiary/aromatic N) is 1. The van der Waals surface area contributed by atoms with E-state index < -0.39 is 0 Å². The number of rotatable bonds is 6. The SMILES string of the molecule is CC1CCN(C(CNC(=O)CC2CC3CCC2C3)c2cccs2)CC1. The summed E-state index contributed by atoms with van der Waals surface area (Å²) in [7, 11) is 0. The summed E-state index contributed by atoms with van der Waals surface area (Å²) in [6.45, 7) is 5.45. The quantitative estimate of drug-likeness (QED) is 0.812. The molecule has 3 aliphatic rings. The van der Waals surface area contributed by atoms with Crippen molar-refractivity contribution in [3.8, 4) is 0 Å². The van der Waals surface area contributed by atoms with Crippen LogP contribution in [0.25, 0.3) is 0 Å². The number of carbonyl (C=O) groups excluding carboxylic acids is 1. The first-order valence-corrected chi connectivity index (χ1v) is 11.1. The summed E-state index contributed by atoms with van der Waals surface area (Å²) in [6.07, 6.45) is 8.79. The third kappa shape index (κ3) is 4.11. The average Bonchev–Trinajstić information content (AvgIpc) is 3.34. The standard InChI is InChI=1S/C21H32N2OS/c1-15-6-8-23(9-7-15)19(20-3-2-10-25-20)14-22-21(24)13-18-12-16-4-5-17(18)11-16/h2-3,10,15-19H,4-9,11-14H2,1H3,(H,22,24). The first kappa shape index (κ1) is 17.5. The number of piperidine rings is 1. The summed E-state index contributed by atoms with van der Waals surface area (Å²) in [5.74, 6) is 3.55. The Hall–Kier alpha value is -0.870. The molecule has 1 aromatic rings. The average molecular weight is 361 g/mol. The lowest BCUT2D eigenvalue weighted by Gasteiger charge is -2.36. The second kappa shape index (κ2) is 7.79. The summed E-state index contributed by atoms with van der Waals surface area (Å²) >= 11 is 1.83. The van der Waals surface area contributed by atoms with Gasteiger partial charge in [-0.2, -0.15) is 0 Å². The Labute approximate surface area is 156 Å². The lowest BCUT2D eigenvalue weighted by molar-refractivity contribution is -0.122. The van der Waals surface area contributed by atoms with Crippen molar-refractivity contribution in [2.75, 3.05) is 19.6 Å². The molecule has 4 unspecified atom stereocenters. The van der Waals surface area contributed by atoms with Crippen molar-refractivity contribution in [3.05, 3.63) is 22.4 Å². The number of amides is 1. The fourth-order valence-corrected chi connectivity index (χ4v) is 6.24. The Balaban J connectivity index is 1.32. The molecule has 0 spiro atoms. The van der Waals surface area contributed by atoms with E-state index >= 15 is 0 Å². The van der Waals surface area contributed by atoms with Gasteiger partial charge in [0, 0.05) is 17.8 Å². The fourth-order valence-electron chi connectivity index (χ4n) is 5.38. The fraction of sp³-hybridized carbons (Fsp3) is 0.762. The highest BCUT2D eigenvalue weighted by Gasteiger charge is 2.40. The summed E-state index contributed by atoms with van der Waals surface area (Å²) in [4.78, 5) is 16.5. The Morgan fingerprint density at radius 2 is 2.12 bits per heavy atom. The molecule has 2 heterocycles. The first-order chi connectivity index (χ1) is 12.2. The molecular formula is C21H32N2OS. The second-order valence-electron chi connectivity index (χ2n) is 8.69. The molecule has 4 heteroatoms. The highest BCUT2D eigenvalue weighted by Crippen LogP contribution is 2.49. The highest BCUT2D eigenvalue weighted by atomic mass is 32.1. The number of thiophene rings is 1. The van der Waals surface area contributed by atoms with E-state index in [0.29, 0.717) is 12.0 Å². The van der Waals surface area contributed by atoms with Crippen molar-refractivity contribution in [2.24, 2.45) is 23.7 Å². The van der Waals surface area contributed by atoms with Gasteiger partial charge >= 0.3 is 0 Å². The van der Waals surface area contributed by atoms with Gasteiger partial charge in [0.2, 0.25) is 5.91 Å². The van der Waals surface area contributed by atoms with Crippen molar-refractivity contribution in [3.63, 3.8) is 0 Å². The van der Waals surface area contributed by atoms with Crippen molar-refractivity contribution in [1.29, 1.82) is 0 Å². The van der Waals surface area contributed by atoms with Gasteiger partial charge in [0.05, 0.1) is 6.04 Å². The molecular weight excluding hydrogens is 328 g/mol. The predicted octanol–water partition coefficient (Wildman–Crippen LogP) is 4.46. The highest BCUT2D eigenvalue weighted by molar-refractivity contribution is 7.10. The third-order valence-corrected chi connectivity index (χ3v) is 7.93. The van der Waals surface area contributed by atoms with E-state index in [2.05, 4.69) is 34.7 Å². The minimum atomic E-state index is 0.282. The van der Waals surface area contributed by atoms with Crippen LogP contribution in [0.5, 0.6) is 0 Å². The third-order valence-electron chi connectivity index (χ3n) is 6.96. The van der Waals surface area contributed by atoms with Crippen LogP contribution < -0.4 is 5.32 Å². The monoisotopic (exact) mass is 360 g/mol. The van der Waals surface area contributed by atoms with Crippen LogP contribution in [0.1, 0.15) is 62.8 Å². The Morgan fingerprint density at radius 1 is 1.28 bits per heavy atom. The van der Waals surface area contributed by atoms with E-state index in [1.807, 2.05) is 11.3 Å². The Kier molecular flexibility index (Phi) is 5.47. The zero-order valence-electron chi connectivity index (χ0n) is 15.5. The van der Waals surface area contributed by atoms with Crippen LogP contribution >= 0.6 is 11.3 Å². The maximum Gasteiger partial charge on any atom is 0.220 e. The van der Waals surface area contributed by atoms with Gasteiger partial charge in [-0.3, -0.25) is 9.69 Å². The van der Waals surface area contributed by atoms with Gasteiger partial charge < -0.3 is 5.32 Å². The lowest BCUT2D eigenvalue weighted by atomic mass is 9.86. The number of carbonyl (C=O) groups is 1. The van der Waals surface area contributed by atoms with E-state index in [4.69, 9.17) is 0 Å². The van der Waals surface area contributed by atoms with Crippen LogP contribution in [-0.2, 0) is 4.79 Å². The molecule has 2 aliphatic carbocycles. The molecule has 25 heavy (non-hydrogen) atoms. The van der Waals surface area contributed by atoms with Crippen molar-refractivity contribution in [2.45, 2.75) is 57.9 Å². The van der Waals surface area contributed by atoms with E-state index in [0.717, 1.165) is 43.8 Å². The van der Waals surface area contributed by atoms with E-state index in [-0.39, 0.29) is 5.91 Å². The molecule has 0 radical (unpaired) electrons. The van der Waals surface area contributed by atoms with Gasteiger partial charge in [0.1, 0.15) is 0 Å². The molecule has 2 bridgehead atoms. The minimum Gasteiger partial charge on any atom is -0.354 e. The maximum absolute atomic E-state index is 12.6. The van der Waals surface area contributed by atoms with Gasteiger partial charge in [0.25, 0.3) is 0 Å². The van der Waals surface area contributed by atoms with E-state index in [1.54, 1.807) is 0 Å². The number of hydrogen-bond acceptors (Lipinski definition) is 3. The van der Waals surface area contributed by atoms with Crippen molar-refractivity contribution in [1.82, 2.24) is 10.2 Å². The molecule has 1 N–H and O–H groups in total. The normalized spacial score (nSPS) is 31.3. The molecule has 138 valence electrons. The van der Waals surface area contributed by atoms with Crippen LogP contribution in [0.2, 0.25) is 0 Å². The van der Waals surface area contributed by atoms with Gasteiger partial charge in [-0.15, -0.1) is 11.3 Å². The summed E-state index contributed by atoms with van der Waals surface area (Å²) in [5, 5.41) is 5.45. The van der Waals surface area contributed by atoms with Crippen LogP contribution in [-0.4, -0.2) is 30.4 Å². The van der Waals surface area contributed by atoms with Gasteiger partial charge in [-0.05, 0) is 80.3 Å². The molecule has 2 saturated carbocycles. The first-order valence-electron chi connectivity index (χ1n) is 10.2. The summed E-state index contributed by atoms with van der Waals surface area (Å²) in [5.41, 5.74) is 0. The van der Waals surface area contributed by atoms with E-state index in [1.165, 1.54) is 43.4 Å². The van der Waals surface area contributed by atoms with Crippen LogP contribution in [0, 0.1) is 23.7 Å². The molecule has 4 atom stereocenters. The Morgan fingerprint density at radius 3 is 2.76 bits per heavy atom. The molecule has 1 aromatic heterocycles. The summed E-state index contributed by atoms with van der Waals surface area (Å²) < 4.78 is 0.